The summed E-state index contributed by atoms with van der Waals surface area (Å²) in [6.45, 7) is 0. The molecule has 0 aliphatic heterocycles. The van der Waals surface area contributed by atoms with Gasteiger partial charge >= 0.3 is 0 Å². The highest BCUT2D eigenvalue weighted by atomic mass is 32.2. The zero-order chi connectivity index (χ0) is 17.2. The summed E-state index contributed by atoms with van der Waals surface area (Å²) in [5.41, 5.74) is 3.18. The first-order valence-corrected chi connectivity index (χ1v) is 9.71. The quantitative estimate of drug-likeness (QED) is 0.382. The molecule has 2 aromatic carbocycles. The van der Waals surface area contributed by atoms with Gasteiger partial charge in [-0.2, -0.15) is 0 Å². The van der Waals surface area contributed by atoms with Gasteiger partial charge in [-0.25, -0.2) is 4.98 Å². The Morgan fingerprint density at radius 2 is 1.56 bits per heavy atom. The van der Waals surface area contributed by atoms with Crippen molar-refractivity contribution in [3.8, 4) is 0 Å². The monoisotopic (exact) mass is 364 g/mol. The van der Waals surface area contributed by atoms with Crippen molar-refractivity contribution in [3.63, 3.8) is 0 Å². The molecular formula is C20H16N2OS2. The van der Waals surface area contributed by atoms with Crippen LogP contribution < -0.4 is 5.56 Å². The Morgan fingerprint density at radius 3 is 2.16 bits per heavy atom. The second-order valence-electron chi connectivity index (χ2n) is 5.71. The van der Waals surface area contributed by atoms with E-state index in [-0.39, 0.29) is 10.8 Å². The van der Waals surface area contributed by atoms with E-state index in [1.807, 2.05) is 47.8 Å². The third-order valence-corrected chi connectivity index (χ3v) is 6.32. The Balaban J connectivity index is 1.82. The van der Waals surface area contributed by atoms with Crippen molar-refractivity contribution in [2.24, 2.45) is 7.05 Å². The highest BCUT2D eigenvalue weighted by Gasteiger charge is 2.19. The molecule has 5 heteroatoms. The van der Waals surface area contributed by atoms with E-state index in [2.05, 4.69) is 24.3 Å². The third-order valence-electron chi connectivity index (χ3n) is 4.07. The number of fused-ring (bicyclic) bond motifs is 1. The van der Waals surface area contributed by atoms with Crippen molar-refractivity contribution in [2.75, 3.05) is 0 Å². The molecule has 0 fully saturated rings. The summed E-state index contributed by atoms with van der Waals surface area (Å²) in [7, 11) is 1.80. The van der Waals surface area contributed by atoms with E-state index in [1.165, 1.54) is 22.5 Å². The van der Waals surface area contributed by atoms with Gasteiger partial charge in [0.05, 0.1) is 10.8 Å². The van der Waals surface area contributed by atoms with E-state index in [1.54, 1.807) is 23.4 Å². The second-order valence-corrected chi connectivity index (χ2v) is 7.70. The third kappa shape index (κ3) is 3.13. The van der Waals surface area contributed by atoms with Crippen LogP contribution in [0.3, 0.4) is 0 Å². The predicted octanol–water partition coefficient (Wildman–Crippen LogP) is 4.88. The number of nitrogens with zero attached hydrogens (tertiary/aromatic N) is 2. The molecule has 3 nitrogen and oxygen atoms in total. The SMILES string of the molecule is Cn1c(SC(c2ccccc2)c2ccccc2)nc2ccsc2c1=O. The normalized spacial score (nSPS) is 11.3. The van der Waals surface area contributed by atoms with E-state index >= 15 is 0 Å². The van der Waals surface area contributed by atoms with Gasteiger partial charge in [0.15, 0.2) is 5.16 Å². The van der Waals surface area contributed by atoms with E-state index in [4.69, 9.17) is 4.98 Å². The largest absolute Gasteiger partial charge is 0.289 e. The number of hydrogen-bond acceptors (Lipinski definition) is 4. The summed E-state index contributed by atoms with van der Waals surface area (Å²) in [5.74, 6) is 0. The molecule has 0 unspecified atom stereocenters. The van der Waals surface area contributed by atoms with Crippen LogP contribution in [0.15, 0.2) is 82.1 Å². The molecule has 2 aromatic heterocycles. The Hall–Kier alpha value is -2.37. The Labute approximate surface area is 154 Å². The Kier molecular flexibility index (Phi) is 4.42. The zero-order valence-electron chi connectivity index (χ0n) is 13.6. The molecule has 0 amide bonds. The van der Waals surface area contributed by atoms with Crippen LogP contribution in [-0.2, 0) is 7.05 Å². The van der Waals surface area contributed by atoms with E-state index in [0.717, 1.165) is 10.7 Å². The lowest BCUT2D eigenvalue weighted by Crippen LogP contribution is -2.19. The van der Waals surface area contributed by atoms with Gasteiger partial charge in [0, 0.05) is 7.05 Å². The van der Waals surface area contributed by atoms with Crippen LogP contribution in [0.2, 0.25) is 0 Å². The number of aromatic nitrogens is 2. The average molecular weight is 364 g/mol. The van der Waals surface area contributed by atoms with Crippen molar-refractivity contribution < 1.29 is 0 Å². The van der Waals surface area contributed by atoms with Gasteiger partial charge in [-0.3, -0.25) is 9.36 Å². The van der Waals surface area contributed by atoms with Crippen LogP contribution in [0, 0.1) is 0 Å². The maximum absolute atomic E-state index is 12.6. The standard InChI is InChI=1S/C20H16N2OS2/c1-22-19(23)18-16(12-13-24-18)21-20(22)25-17(14-8-4-2-5-9-14)15-10-6-3-7-11-15/h2-13,17H,1H3. The maximum Gasteiger partial charge on any atom is 0.271 e. The molecule has 0 N–H and O–H groups in total. The summed E-state index contributed by atoms with van der Waals surface area (Å²) in [4.78, 5) is 17.3. The summed E-state index contributed by atoms with van der Waals surface area (Å²) >= 11 is 3.05. The number of thiophene rings is 1. The van der Waals surface area contributed by atoms with Gasteiger partial charge < -0.3 is 0 Å². The Bertz CT molecular complexity index is 1020. The predicted molar refractivity (Wildman–Crippen MR) is 105 cm³/mol. The minimum Gasteiger partial charge on any atom is -0.289 e. The van der Waals surface area contributed by atoms with Crippen LogP contribution in [0.1, 0.15) is 16.4 Å². The molecule has 4 aromatic rings. The average Bonchev–Trinajstić information content (AvgIpc) is 3.13. The number of hydrogen-bond donors (Lipinski definition) is 0. The minimum atomic E-state index is 0.0161. The summed E-state index contributed by atoms with van der Waals surface area (Å²) in [6, 6.07) is 22.6. The molecule has 0 aliphatic rings. The van der Waals surface area contributed by atoms with Crippen LogP contribution in [0.5, 0.6) is 0 Å². The molecule has 25 heavy (non-hydrogen) atoms. The van der Waals surface area contributed by atoms with Crippen molar-refractivity contribution in [1.29, 1.82) is 0 Å². The van der Waals surface area contributed by atoms with Gasteiger partial charge in [0.25, 0.3) is 5.56 Å². The highest BCUT2D eigenvalue weighted by Crippen LogP contribution is 2.39. The molecule has 4 rings (SSSR count). The molecule has 124 valence electrons. The Morgan fingerprint density at radius 1 is 0.960 bits per heavy atom. The lowest BCUT2D eigenvalue weighted by atomic mass is 10.0. The summed E-state index contributed by atoms with van der Waals surface area (Å²) < 4.78 is 2.37. The first-order chi connectivity index (χ1) is 12.2. The molecule has 0 spiro atoms. The molecule has 0 bridgehead atoms. The molecule has 0 aliphatic carbocycles. The van der Waals surface area contributed by atoms with Gasteiger partial charge in [-0.15, -0.1) is 11.3 Å². The maximum atomic E-state index is 12.6. The fourth-order valence-electron chi connectivity index (χ4n) is 2.76. The van der Waals surface area contributed by atoms with Crippen LogP contribution in [0.4, 0.5) is 0 Å². The van der Waals surface area contributed by atoms with Gasteiger partial charge in [-0.05, 0) is 22.6 Å². The van der Waals surface area contributed by atoms with E-state index < -0.39 is 0 Å². The van der Waals surface area contributed by atoms with E-state index in [9.17, 15) is 4.79 Å². The fraction of sp³-hybridized carbons (Fsp3) is 0.100. The van der Waals surface area contributed by atoms with Crippen molar-refractivity contribution in [1.82, 2.24) is 9.55 Å². The highest BCUT2D eigenvalue weighted by molar-refractivity contribution is 7.99. The molecule has 0 radical (unpaired) electrons. The summed E-state index contributed by atoms with van der Waals surface area (Å²) in [5, 5.41) is 2.73. The lowest BCUT2D eigenvalue weighted by molar-refractivity contribution is 0.726. The van der Waals surface area contributed by atoms with Gasteiger partial charge in [0.2, 0.25) is 0 Å². The molecule has 0 saturated heterocycles. The first-order valence-electron chi connectivity index (χ1n) is 7.95. The fourth-order valence-corrected chi connectivity index (χ4v) is 4.76. The van der Waals surface area contributed by atoms with Gasteiger partial charge in [-0.1, -0.05) is 72.4 Å². The lowest BCUT2D eigenvalue weighted by Gasteiger charge is -2.18. The molecular weight excluding hydrogens is 348 g/mol. The number of thioether (sulfide) groups is 1. The smallest absolute Gasteiger partial charge is 0.271 e. The number of rotatable bonds is 4. The topological polar surface area (TPSA) is 34.9 Å². The first kappa shape index (κ1) is 16.1. The van der Waals surface area contributed by atoms with E-state index in [0.29, 0.717) is 4.70 Å². The van der Waals surface area contributed by atoms with Crippen molar-refractivity contribution in [2.45, 2.75) is 10.4 Å². The summed E-state index contributed by atoms with van der Waals surface area (Å²) in [6.07, 6.45) is 0. The van der Waals surface area contributed by atoms with Crippen molar-refractivity contribution in [3.05, 3.63) is 93.6 Å². The zero-order valence-corrected chi connectivity index (χ0v) is 15.3. The second kappa shape index (κ2) is 6.86. The molecule has 2 heterocycles. The van der Waals surface area contributed by atoms with Gasteiger partial charge in [0.1, 0.15) is 4.70 Å². The van der Waals surface area contributed by atoms with Crippen molar-refractivity contribution >= 4 is 33.3 Å². The minimum absolute atomic E-state index is 0.0161. The van der Waals surface area contributed by atoms with Crippen LogP contribution in [0.25, 0.3) is 10.2 Å². The molecule has 0 saturated carbocycles. The van der Waals surface area contributed by atoms with Crippen LogP contribution in [-0.4, -0.2) is 9.55 Å². The van der Waals surface area contributed by atoms with Crippen LogP contribution >= 0.6 is 23.1 Å². The number of benzene rings is 2. The molecule has 0 atom stereocenters.